The van der Waals surface area contributed by atoms with Gasteiger partial charge in [0.15, 0.2) is 24.7 Å². The summed E-state index contributed by atoms with van der Waals surface area (Å²) < 4.78 is 39.0. The first-order chi connectivity index (χ1) is 19.8. The molecule has 0 spiro atoms. The number of aliphatic hydroxyl groups is 6. The molecule has 3 rings (SSSR count). The van der Waals surface area contributed by atoms with E-state index in [9.17, 15) is 35.4 Å². The Bertz CT molecular complexity index is 909. The van der Waals surface area contributed by atoms with Crippen molar-refractivity contribution in [2.45, 2.75) is 111 Å². The molecule has 3 aliphatic rings. The van der Waals surface area contributed by atoms with E-state index in [-0.39, 0.29) is 32.4 Å². The van der Waals surface area contributed by atoms with Crippen molar-refractivity contribution in [1.82, 2.24) is 5.32 Å². The number of nitrogens with zero attached hydrogens (tertiary/aromatic N) is 1. The number of hydrogen-bond acceptors (Lipinski definition) is 15. The molecule has 18 nitrogen and oxygen atoms in total. The Labute approximate surface area is 240 Å². The van der Waals surface area contributed by atoms with Gasteiger partial charge in [0.2, 0.25) is 5.91 Å². The van der Waals surface area contributed by atoms with Gasteiger partial charge < -0.3 is 83.6 Å². The van der Waals surface area contributed by atoms with E-state index in [0.29, 0.717) is 0 Å². The first-order valence-corrected chi connectivity index (χ1v) is 13.6. The van der Waals surface area contributed by atoms with Crippen molar-refractivity contribution >= 4 is 11.9 Å². The number of amides is 1. The zero-order valence-corrected chi connectivity index (χ0v) is 22.8. The van der Waals surface area contributed by atoms with Crippen LogP contribution in [0.2, 0.25) is 0 Å². The van der Waals surface area contributed by atoms with Gasteiger partial charge in [0.1, 0.15) is 54.9 Å². The molecule has 2 saturated heterocycles. The number of nitrogens with two attached hydrogens (primary N) is 5. The van der Waals surface area contributed by atoms with Crippen molar-refractivity contribution in [3.8, 4) is 0 Å². The van der Waals surface area contributed by atoms with E-state index in [0.717, 1.165) is 0 Å². The second kappa shape index (κ2) is 15.2. The van der Waals surface area contributed by atoms with Crippen LogP contribution >= 0.6 is 0 Å². The maximum absolute atomic E-state index is 16.3. The van der Waals surface area contributed by atoms with Gasteiger partial charge in [-0.3, -0.25) is 4.79 Å². The van der Waals surface area contributed by atoms with Gasteiger partial charge in [-0.2, -0.15) is 0 Å². The molecule has 0 aromatic carbocycles. The molecule has 42 heavy (non-hydrogen) atoms. The first kappa shape index (κ1) is 34.6. The molecular weight excluding hydrogens is 569 g/mol. The smallest absolute Gasteiger partial charge is 0.249 e. The molecule has 19 heteroatoms. The van der Waals surface area contributed by atoms with E-state index in [2.05, 4.69) is 10.3 Å². The van der Waals surface area contributed by atoms with E-state index in [1.54, 1.807) is 0 Å². The van der Waals surface area contributed by atoms with E-state index in [4.69, 9.17) is 47.6 Å². The van der Waals surface area contributed by atoms with Crippen molar-refractivity contribution in [2.24, 2.45) is 33.7 Å². The zero-order valence-electron chi connectivity index (χ0n) is 22.8. The van der Waals surface area contributed by atoms with Crippen LogP contribution in [0.3, 0.4) is 0 Å². The fourth-order valence-electron chi connectivity index (χ4n) is 5.29. The highest BCUT2D eigenvalue weighted by Gasteiger charge is 2.52. The Kier molecular flexibility index (Phi) is 12.6. The van der Waals surface area contributed by atoms with Crippen molar-refractivity contribution in [3.63, 3.8) is 0 Å². The summed E-state index contributed by atoms with van der Waals surface area (Å²) >= 11 is 0. The number of nitrogens with one attached hydrogen (secondary N) is 1. The molecule has 15 atom stereocenters. The molecule has 244 valence electrons. The highest BCUT2D eigenvalue weighted by atomic mass is 19.1. The fourth-order valence-corrected chi connectivity index (χ4v) is 5.29. The monoisotopic (exact) mass is 613 g/mol. The topological polar surface area (TPSA) is 330 Å². The molecule has 2 aliphatic heterocycles. The van der Waals surface area contributed by atoms with Gasteiger partial charge in [-0.15, -0.1) is 0 Å². The maximum Gasteiger partial charge on any atom is 0.249 e. The minimum atomic E-state index is -2.15. The first-order valence-electron chi connectivity index (χ1n) is 13.6. The van der Waals surface area contributed by atoms with Gasteiger partial charge in [-0.1, -0.05) is 0 Å². The molecule has 0 bridgehead atoms. The van der Waals surface area contributed by atoms with Crippen LogP contribution in [-0.2, 0) is 23.7 Å². The van der Waals surface area contributed by atoms with Gasteiger partial charge in [0, 0.05) is 19.0 Å². The SMILES string of the molecule is NCC[C@H](O)C(=O)NC1CC(N)C(OC2CC(O)C(O)C(CN)O2)C(F)C1OC1OC(CO)C(O)C(N=C(N)N)C1O. The van der Waals surface area contributed by atoms with Crippen LogP contribution in [0.1, 0.15) is 19.3 Å². The van der Waals surface area contributed by atoms with Crippen LogP contribution in [0, 0.1) is 0 Å². The lowest BCUT2D eigenvalue weighted by molar-refractivity contribution is -0.312. The minimum Gasteiger partial charge on any atom is -0.394 e. The molecular formula is C23H44FN7O11. The summed E-state index contributed by atoms with van der Waals surface area (Å²) in [6, 6.07) is -3.72. The number of carbonyl (C=O) groups excluding carboxylic acids is 1. The predicted molar refractivity (Wildman–Crippen MR) is 141 cm³/mol. The minimum absolute atomic E-state index is 0.00869. The van der Waals surface area contributed by atoms with E-state index >= 15 is 4.39 Å². The Morgan fingerprint density at radius 2 is 1.71 bits per heavy atom. The van der Waals surface area contributed by atoms with Crippen molar-refractivity contribution in [1.29, 1.82) is 0 Å². The van der Waals surface area contributed by atoms with E-state index < -0.39 is 110 Å². The summed E-state index contributed by atoms with van der Waals surface area (Å²) in [7, 11) is 0. The standard InChI is InChI=1S/C23H44FN7O11/c24-14-19(41-13-4-10(34)16(35)11(5-26)39-13)7(27)3-8(30-21(38)9(33)1-2-25)20(14)42-22-18(37)15(31-23(28)29)17(36)12(6-32)40-22/h7-20,22,32-37H,1-6,25-27H2,(H,30,38)(H4,28,29,31)/t7?,8?,9-,10?,11?,12?,13?,14?,15?,16?,17?,18?,19?,20?,22?/m0/s1. The summed E-state index contributed by atoms with van der Waals surface area (Å²) in [6.07, 6.45) is -18.5. The normalized spacial score (nSPS) is 43.4. The predicted octanol–water partition coefficient (Wildman–Crippen LogP) is -7.10. The summed E-state index contributed by atoms with van der Waals surface area (Å²) in [5.74, 6) is -1.38. The summed E-state index contributed by atoms with van der Waals surface area (Å²) in [5.41, 5.74) is 28.1. The number of aliphatic imine (C=N–C) groups is 1. The number of alkyl halides is 1. The highest BCUT2D eigenvalue weighted by molar-refractivity contribution is 5.80. The number of halogens is 1. The van der Waals surface area contributed by atoms with Crippen LogP contribution in [0.4, 0.5) is 4.39 Å². The van der Waals surface area contributed by atoms with Gasteiger partial charge in [-0.05, 0) is 19.4 Å². The number of rotatable bonds is 11. The lowest BCUT2D eigenvalue weighted by Gasteiger charge is -2.47. The van der Waals surface area contributed by atoms with Gasteiger partial charge in [0.25, 0.3) is 0 Å². The van der Waals surface area contributed by atoms with Gasteiger partial charge in [0.05, 0.1) is 18.8 Å². The number of aliphatic hydroxyl groups excluding tert-OH is 6. The van der Waals surface area contributed by atoms with Crippen LogP contribution < -0.4 is 34.0 Å². The van der Waals surface area contributed by atoms with Gasteiger partial charge in [-0.25, -0.2) is 9.38 Å². The van der Waals surface area contributed by atoms with Crippen LogP contribution in [0.5, 0.6) is 0 Å². The molecule has 1 amide bonds. The van der Waals surface area contributed by atoms with Crippen LogP contribution in [-0.4, -0.2) is 154 Å². The molecule has 1 aliphatic carbocycles. The second-order valence-corrected chi connectivity index (χ2v) is 10.6. The third-order valence-corrected chi connectivity index (χ3v) is 7.56. The summed E-state index contributed by atoms with van der Waals surface area (Å²) in [6.45, 7) is -0.915. The quantitative estimate of drug-likeness (QED) is 0.0760. The molecule has 3 fully saturated rings. The van der Waals surface area contributed by atoms with Crippen molar-refractivity contribution in [3.05, 3.63) is 0 Å². The molecule has 1 saturated carbocycles. The van der Waals surface area contributed by atoms with Crippen molar-refractivity contribution in [2.75, 3.05) is 19.7 Å². The van der Waals surface area contributed by atoms with Crippen LogP contribution in [0.25, 0.3) is 0 Å². The average Bonchev–Trinajstić information content (AvgIpc) is 2.93. The van der Waals surface area contributed by atoms with Crippen molar-refractivity contribution < 1.29 is 58.8 Å². The third kappa shape index (κ3) is 8.00. The van der Waals surface area contributed by atoms with Crippen LogP contribution in [0.15, 0.2) is 4.99 Å². The number of carbonyl (C=O) groups is 1. The molecule has 17 N–H and O–H groups in total. The summed E-state index contributed by atoms with van der Waals surface area (Å²) in [4.78, 5) is 16.4. The Morgan fingerprint density at radius 3 is 2.31 bits per heavy atom. The Morgan fingerprint density at radius 1 is 1.02 bits per heavy atom. The molecule has 0 aromatic rings. The largest absolute Gasteiger partial charge is 0.394 e. The molecule has 0 radical (unpaired) electrons. The van der Waals surface area contributed by atoms with E-state index in [1.165, 1.54) is 0 Å². The highest BCUT2D eigenvalue weighted by Crippen LogP contribution is 2.34. The Hall–Kier alpha value is -1.85. The average molecular weight is 614 g/mol. The maximum atomic E-state index is 16.3. The lowest BCUT2D eigenvalue weighted by Crippen LogP contribution is -2.67. The molecule has 14 unspecified atom stereocenters. The Balaban J connectivity index is 1.87. The zero-order chi connectivity index (χ0) is 31.3. The number of ether oxygens (including phenoxy) is 4. The van der Waals surface area contributed by atoms with E-state index in [1.807, 2.05) is 0 Å². The molecule has 0 aromatic heterocycles. The summed E-state index contributed by atoms with van der Waals surface area (Å²) in [5, 5.41) is 63.9. The second-order valence-electron chi connectivity index (χ2n) is 10.6. The fraction of sp³-hybridized carbons (Fsp3) is 0.913. The van der Waals surface area contributed by atoms with Gasteiger partial charge >= 0.3 is 0 Å². The third-order valence-electron chi connectivity index (χ3n) is 7.56. The lowest BCUT2D eigenvalue weighted by atomic mass is 9.84. The number of hydrogen-bond donors (Lipinski definition) is 12. The number of guanidine groups is 1. The molecule has 2 heterocycles.